The van der Waals surface area contributed by atoms with E-state index in [4.69, 9.17) is 4.74 Å². The van der Waals surface area contributed by atoms with E-state index in [0.29, 0.717) is 42.9 Å². The Hall–Kier alpha value is -3.69. The first-order valence-electron chi connectivity index (χ1n) is 11.4. The molecular formula is C26H26N4O4S. The fourth-order valence-corrected chi connectivity index (χ4v) is 5.83. The first kappa shape index (κ1) is 23.1. The van der Waals surface area contributed by atoms with Crippen LogP contribution in [0.3, 0.4) is 0 Å². The van der Waals surface area contributed by atoms with Gasteiger partial charge in [-0.25, -0.2) is 13.4 Å². The summed E-state index contributed by atoms with van der Waals surface area (Å²) in [6.07, 6.45) is 1.40. The highest BCUT2D eigenvalue weighted by molar-refractivity contribution is 7.89. The first-order valence-corrected chi connectivity index (χ1v) is 12.9. The summed E-state index contributed by atoms with van der Waals surface area (Å²) in [4.78, 5) is 20.8. The van der Waals surface area contributed by atoms with Gasteiger partial charge < -0.3 is 15.0 Å². The van der Waals surface area contributed by atoms with Crippen LogP contribution in [0, 0.1) is 0 Å². The molecule has 0 radical (unpaired) electrons. The lowest BCUT2D eigenvalue weighted by molar-refractivity contribution is 0.102. The number of nitrogens with zero attached hydrogens (tertiary/aromatic N) is 2. The first-order chi connectivity index (χ1) is 16.9. The molecular weight excluding hydrogens is 464 g/mol. The maximum atomic E-state index is 13.2. The SMILES string of the molecule is COc1cccc(C(=O)Nc2ccc(S(=O)(=O)N3CCC(c4nc5ccccc5[nH]4)CC3)cc2)c1. The van der Waals surface area contributed by atoms with Gasteiger partial charge >= 0.3 is 0 Å². The molecule has 1 aliphatic rings. The number of hydrogen-bond donors (Lipinski definition) is 2. The van der Waals surface area contributed by atoms with E-state index in [1.54, 1.807) is 36.4 Å². The third kappa shape index (κ3) is 4.78. The van der Waals surface area contributed by atoms with Gasteiger partial charge in [0.2, 0.25) is 10.0 Å². The normalized spacial score (nSPS) is 15.2. The van der Waals surface area contributed by atoms with Gasteiger partial charge in [0.15, 0.2) is 0 Å². The molecule has 9 heteroatoms. The van der Waals surface area contributed by atoms with Gasteiger partial charge in [-0.2, -0.15) is 4.31 Å². The number of H-pyrrole nitrogens is 1. The Labute approximate surface area is 204 Å². The number of carbonyl (C=O) groups excluding carboxylic acids is 1. The molecule has 1 saturated heterocycles. The van der Waals surface area contributed by atoms with Gasteiger partial charge in [-0.05, 0) is 67.4 Å². The van der Waals surface area contributed by atoms with E-state index in [2.05, 4.69) is 15.3 Å². The number of imidazole rings is 1. The number of aromatic amines is 1. The molecule has 2 heterocycles. The third-order valence-corrected chi connectivity index (χ3v) is 8.24. The third-order valence-electron chi connectivity index (χ3n) is 6.33. The van der Waals surface area contributed by atoms with Crippen LogP contribution in [-0.2, 0) is 10.0 Å². The number of hydrogen-bond acceptors (Lipinski definition) is 5. The van der Waals surface area contributed by atoms with Crippen molar-refractivity contribution in [2.45, 2.75) is 23.7 Å². The van der Waals surface area contributed by atoms with E-state index in [9.17, 15) is 13.2 Å². The van der Waals surface area contributed by atoms with Crippen molar-refractivity contribution in [1.82, 2.24) is 14.3 Å². The van der Waals surface area contributed by atoms with Gasteiger partial charge in [-0.1, -0.05) is 18.2 Å². The molecule has 8 nitrogen and oxygen atoms in total. The fourth-order valence-electron chi connectivity index (χ4n) is 4.36. The van der Waals surface area contributed by atoms with E-state index in [1.807, 2.05) is 24.3 Å². The summed E-state index contributed by atoms with van der Waals surface area (Å²) in [5.74, 6) is 1.40. The Morgan fingerprint density at radius 3 is 2.49 bits per heavy atom. The predicted octanol–water partition coefficient (Wildman–Crippen LogP) is 4.39. The second-order valence-electron chi connectivity index (χ2n) is 8.53. The Morgan fingerprint density at radius 2 is 1.77 bits per heavy atom. The van der Waals surface area contributed by atoms with Gasteiger partial charge in [0, 0.05) is 30.3 Å². The summed E-state index contributed by atoms with van der Waals surface area (Å²) in [7, 11) is -2.09. The van der Waals surface area contributed by atoms with E-state index in [0.717, 1.165) is 16.9 Å². The standard InChI is InChI=1S/C26H26N4O4S/c1-34-21-6-4-5-19(17-21)26(31)27-20-9-11-22(12-10-20)35(32,33)30-15-13-18(14-16-30)25-28-23-7-2-3-8-24(23)29-25/h2-12,17-18H,13-16H2,1H3,(H,27,31)(H,28,29). The Kier molecular flexibility index (Phi) is 6.27. The number of methoxy groups -OCH3 is 1. The number of piperidine rings is 1. The molecule has 1 amide bonds. The van der Waals surface area contributed by atoms with Crippen LogP contribution in [0.25, 0.3) is 11.0 Å². The Balaban J connectivity index is 1.23. The van der Waals surface area contributed by atoms with Crippen LogP contribution in [0.2, 0.25) is 0 Å². The van der Waals surface area contributed by atoms with E-state index >= 15 is 0 Å². The van der Waals surface area contributed by atoms with Gasteiger partial charge in [0.1, 0.15) is 11.6 Å². The Bertz CT molecular complexity index is 1420. The van der Waals surface area contributed by atoms with Crippen LogP contribution >= 0.6 is 0 Å². The number of nitrogens with one attached hydrogen (secondary N) is 2. The van der Waals surface area contributed by atoms with Crippen LogP contribution in [0.1, 0.15) is 34.9 Å². The summed E-state index contributed by atoms with van der Waals surface area (Å²) in [6.45, 7) is 0.858. The maximum Gasteiger partial charge on any atom is 0.255 e. The van der Waals surface area contributed by atoms with Crippen molar-refractivity contribution in [3.05, 3.63) is 84.2 Å². The van der Waals surface area contributed by atoms with E-state index < -0.39 is 10.0 Å². The van der Waals surface area contributed by atoms with E-state index in [-0.39, 0.29) is 16.7 Å². The highest BCUT2D eigenvalue weighted by atomic mass is 32.2. The molecule has 2 N–H and O–H groups in total. The molecule has 4 aromatic rings. The number of anilines is 1. The number of amides is 1. The van der Waals surface area contributed by atoms with Crippen LogP contribution < -0.4 is 10.1 Å². The number of benzene rings is 3. The molecule has 0 spiro atoms. The number of carbonyl (C=O) groups is 1. The summed E-state index contributed by atoms with van der Waals surface area (Å²) >= 11 is 0. The van der Waals surface area contributed by atoms with Crippen molar-refractivity contribution in [2.75, 3.05) is 25.5 Å². The lowest BCUT2D eigenvalue weighted by Crippen LogP contribution is -2.38. The quantitative estimate of drug-likeness (QED) is 0.417. The number of para-hydroxylation sites is 2. The van der Waals surface area contributed by atoms with Crippen LogP contribution in [-0.4, -0.2) is 48.8 Å². The minimum atomic E-state index is -3.63. The minimum Gasteiger partial charge on any atom is -0.497 e. The topological polar surface area (TPSA) is 104 Å². The maximum absolute atomic E-state index is 13.2. The highest BCUT2D eigenvalue weighted by Crippen LogP contribution is 2.30. The van der Waals surface area contributed by atoms with Crippen molar-refractivity contribution in [2.24, 2.45) is 0 Å². The number of sulfonamides is 1. The molecule has 3 aromatic carbocycles. The van der Waals surface area contributed by atoms with Gasteiger partial charge in [0.05, 0.1) is 23.0 Å². The molecule has 0 saturated carbocycles. The number of aromatic nitrogens is 2. The predicted molar refractivity (Wildman–Crippen MR) is 134 cm³/mol. The van der Waals surface area contributed by atoms with E-state index in [1.165, 1.54) is 23.5 Å². The summed E-state index contributed by atoms with van der Waals surface area (Å²) in [6, 6.07) is 21.0. The molecule has 180 valence electrons. The smallest absolute Gasteiger partial charge is 0.255 e. The zero-order valence-electron chi connectivity index (χ0n) is 19.3. The van der Waals surface area contributed by atoms with Crippen LogP contribution in [0.15, 0.2) is 77.7 Å². The minimum absolute atomic E-state index is 0.197. The zero-order valence-corrected chi connectivity index (χ0v) is 20.1. The molecule has 1 aliphatic heterocycles. The molecule has 35 heavy (non-hydrogen) atoms. The molecule has 1 aromatic heterocycles. The lowest BCUT2D eigenvalue weighted by atomic mass is 9.97. The summed E-state index contributed by atoms with van der Waals surface area (Å²) in [5, 5.41) is 2.79. The number of rotatable bonds is 6. The van der Waals surface area contributed by atoms with Crippen molar-refractivity contribution in [3.8, 4) is 5.75 Å². The van der Waals surface area contributed by atoms with Gasteiger partial charge in [0.25, 0.3) is 5.91 Å². The number of ether oxygens (including phenoxy) is 1. The van der Waals surface area contributed by atoms with Gasteiger partial charge in [-0.15, -0.1) is 0 Å². The summed E-state index contributed by atoms with van der Waals surface area (Å²) < 4.78 is 33.1. The molecule has 5 rings (SSSR count). The highest BCUT2D eigenvalue weighted by Gasteiger charge is 2.31. The Morgan fingerprint density at radius 1 is 1.03 bits per heavy atom. The molecule has 0 unspecified atom stereocenters. The van der Waals surface area contributed by atoms with Crippen molar-refractivity contribution < 1.29 is 17.9 Å². The van der Waals surface area contributed by atoms with Crippen molar-refractivity contribution in [1.29, 1.82) is 0 Å². The second-order valence-corrected chi connectivity index (χ2v) is 10.5. The fraction of sp³-hybridized carbons (Fsp3) is 0.231. The average Bonchev–Trinajstić information content (AvgIpc) is 3.33. The summed E-state index contributed by atoms with van der Waals surface area (Å²) in [5.41, 5.74) is 2.89. The van der Waals surface area contributed by atoms with Gasteiger partial charge in [-0.3, -0.25) is 4.79 Å². The average molecular weight is 491 g/mol. The van der Waals surface area contributed by atoms with Crippen LogP contribution in [0.5, 0.6) is 5.75 Å². The van der Waals surface area contributed by atoms with Crippen LogP contribution in [0.4, 0.5) is 5.69 Å². The molecule has 0 bridgehead atoms. The lowest BCUT2D eigenvalue weighted by Gasteiger charge is -2.30. The largest absolute Gasteiger partial charge is 0.497 e. The monoisotopic (exact) mass is 490 g/mol. The molecule has 1 fully saturated rings. The number of fused-ring (bicyclic) bond motifs is 1. The zero-order chi connectivity index (χ0) is 24.4. The molecule has 0 atom stereocenters. The van der Waals surface area contributed by atoms with Crippen molar-refractivity contribution in [3.63, 3.8) is 0 Å². The second kappa shape index (κ2) is 9.52. The molecule has 0 aliphatic carbocycles. The van der Waals surface area contributed by atoms with Crippen molar-refractivity contribution >= 4 is 32.7 Å².